The van der Waals surface area contributed by atoms with Crippen LogP contribution in [0, 0.1) is 0 Å². The Morgan fingerprint density at radius 2 is 0.853 bits per heavy atom. The van der Waals surface area contributed by atoms with Gasteiger partial charge in [0.25, 0.3) is 0 Å². The summed E-state index contributed by atoms with van der Waals surface area (Å²) < 4.78 is 39.2. The molecule has 390 valence electrons. The second kappa shape index (κ2) is 50.1. The van der Waals surface area contributed by atoms with Crippen molar-refractivity contribution in [2.75, 3.05) is 26.4 Å². The van der Waals surface area contributed by atoms with Crippen LogP contribution in [-0.2, 0) is 42.2 Å². The van der Waals surface area contributed by atoms with Gasteiger partial charge in [0.2, 0.25) is 0 Å². The molecule has 0 saturated carbocycles. The van der Waals surface area contributed by atoms with Gasteiger partial charge in [0.05, 0.1) is 26.2 Å². The van der Waals surface area contributed by atoms with Crippen molar-refractivity contribution in [3.63, 3.8) is 0 Å². The average Bonchev–Trinajstić information content (AvgIpc) is 3.32. The lowest BCUT2D eigenvalue weighted by molar-refractivity contribution is -0.160. The second-order valence-electron chi connectivity index (χ2n) is 17.3. The third-order valence-corrected chi connectivity index (χ3v) is 11.8. The summed E-state index contributed by atoms with van der Waals surface area (Å²) in [5.41, 5.74) is 0. The molecule has 3 atom stereocenters. The van der Waals surface area contributed by atoms with Gasteiger partial charge >= 0.3 is 25.7 Å². The molecule has 3 unspecified atom stereocenters. The van der Waals surface area contributed by atoms with Gasteiger partial charge in [0.15, 0.2) is 6.10 Å². The average molecular weight is 975 g/mol. The predicted octanol–water partition coefficient (Wildman–Crippen LogP) is 15.1. The number of aliphatic hydroxyl groups excluding tert-OH is 1. The number of esters is 3. The molecular formula is C56H95O11P. The molecule has 0 bridgehead atoms. The van der Waals surface area contributed by atoms with Crippen LogP contribution in [0.3, 0.4) is 0 Å². The smallest absolute Gasteiger partial charge is 0.462 e. The van der Waals surface area contributed by atoms with E-state index in [1.54, 1.807) is 6.08 Å². The number of phosphoric ester groups is 1. The number of hydrogen-bond donors (Lipinski definition) is 2. The molecule has 0 fully saturated rings. The van der Waals surface area contributed by atoms with Crippen molar-refractivity contribution in [3.05, 3.63) is 85.1 Å². The first-order chi connectivity index (χ1) is 33.2. The number of aliphatic hydroxyl groups is 1. The molecule has 0 aromatic heterocycles. The van der Waals surface area contributed by atoms with Crippen LogP contribution >= 0.6 is 7.82 Å². The Balaban J connectivity index is 4.86. The maximum absolute atomic E-state index is 12.8. The molecule has 0 aliphatic carbocycles. The fraction of sp³-hybridized carbons (Fsp3) is 0.696. The van der Waals surface area contributed by atoms with Crippen LogP contribution in [0.2, 0.25) is 0 Å². The van der Waals surface area contributed by atoms with Gasteiger partial charge in [0, 0.05) is 12.8 Å². The van der Waals surface area contributed by atoms with E-state index in [-0.39, 0.29) is 25.9 Å². The first-order valence-electron chi connectivity index (χ1n) is 26.5. The summed E-state index contributed by atoms with van der Waals surface area (Å²) >= 11 is 0. The molecular weight excluding hydrogens is 880 g/mol. The lowest BCUT2D eigenvalue weighted by atomic mass is 10.0. The van der Waals surface area contributed by atoms with E-state index in [0.29, 0.717) is 19.3 Å². The number of phosphoric acid groups is 1. The zero-order valence-corrected chi connectivity index (χ0v) is 43.7. The summed E-state index contributed by atoms with van der Waals surface area (Å²) in [6, 6.07) is 0. The minimum atomic E-state index is -4.77. The highest BCUT2D eigenvalue weighted by Gasteiger charge is 2.28. The summed E-state index contributed by atoms with van der Waals surface area (Å²) in [4.78, 5) is 48.3. The number of unbranched alkanes of at least 4 members (excludes halogenated alkanes) is 18. The summed E-state index contributed by atoms with van der Waals surface area (Å²) in [5.74, 6) is -1.63. The molecule has 0 aliphatic heterocycles. The maximum Gasteiger partial charge on any atom is 0.472 e. The Kier molecular flexibility index (Phi) is 47.6. The zero-order chi connectivity index (χ0) is 49.9. The first-order valence-corrected chi connectivity index (χ1v) is 28.0. The quantitative estimate of drug-likeness (QED) is 0.0197. The van der Waals surface area contributed by atoms with Crippen molar-refractivity contribution in [3.8, 4) is 0 Å². The van der Waals surface area contributed by atoms with Gasteiger partial charge in [-0.25, -0.2) is 4.57 Å². The number of rotatable bonds is 48. The number of ether oxygens (including phenoxy) is 3. The van der Waals surface area contributed by atoms with Crippen LogP contribution in [-0.4, -0.2) is 66.5 Å². The molecule has 2 N–H and O–H groups in total. The lowest BCUT2D eigenvalue weighted by Crippen LogP contribution is -2.30. The molecule has 0 aromatic carbocycles. The van der Waals surface area contributed by atoms with Crippen LogP contribution in [0.1, 0.15) is 213 Å². The molecule has 0 saturated heterocycles. The summed E-state index contributed by atoms with van der Waals surface area (Å²) in [6.07, 6.45) is 55.8. The van der Waals surface area contributed by atoms with E-state index < -0.39 is 57.8 Å². The fourth-order valence-corrected chi connectivity index (χ4v) is 7.61. The van der Waals surface area contributed by atoms with E-state index in [0.717, 1.165) is 96.3 Å². The second-order valence-corrected chi connectivity index (χ2v) is 18.8. The van der Waals surface area contributed by atoms with E-state index in [9.17, 15) is 28.9 Å². The van der Waals surface area contributed by atoms with Crippen LogP contribution in [0.5, 0.6) is 0 Å². The van der Waals surface area contributed by atoms with Crippen molar-refractivity contribution < 1.29 is 52.2 Å². The largest absolute Gasteiger partial charge is 0.472 e. The molecule has 0 spiro atoms. The maximum atomic E-state index is 12.8. The molecule has 0 heterocycles. The van der Waals surface area contributed by atoms with Crippen LogP contribution in [0.4, 0.5) is 0 Å². The van der Waals surface area contributed by atoms with E-state index in [1.165, 1.54) is 57.8 Å². The highest BCUT2D eigenvalue weighted by atomic mass is 31.2. The van der Waals surface area contributed by atoms with Crippen molar-refractivity contribution >= 4 is 25.7 Å². The van der Waals surface area contributed by atoms with Gasteiger partial charge in [-0.05, 0) is 70.6 Å². The van der Waals surface area contributed by atoms with Gasteiger partial charge in [0.1, 0.15) is 12.7 Å². The van der Waals surface area contributed by atoms with Crippen LogP contribution in [0.15, 0.2) is 85.1 Å². The summed E-state index contributed by atoms with van der Waals surface area (Å²) in [6.45, 7) is 4.32. The monoisotopic (exact) mass is 975 g/mol. The number of carbonyl (C=O) groups excluding carboxylic acids is 3. The van der Waals surface area contributed by atoms with E-state index in [4.69, 9.17) is 23.3 Å². The Morgan fingerprint density at radius 1 is 0.441 bits per heavy atom. The van der Waals surface area contributed by atoms with Gasteiger partial charge < -0.3 is 24.2 Å². The minimum Gasteiger partial charge on any atom is -0.462 e. The number of hydrogen-bond acceptors (Lipinski definition) is 10. The standard InChI is InChI=1S/C56H95O11P/c1-4-7-10-13-16-19-22-25-26-29-32-35-38-41-44-47-56(60)67-53(49-63-54(58)45-42-39-36-33-30-27-23-20-17-14-11-8-5-2)51-65-68(61,62)64-50-52(48-57)66-55(59)46-43-40-37-34-31-28-24-21-18-15-12-9-6-3/h7,10,12,15-16,19,21,24-26,32,35,41,44,52-53,57H,4-6,8-9,11,13-14,17-18,20,22-23,27-31,33-34,36-40,42-43,45-51H2,1-3H3,(H,61,62)/b10-7-,15-12-,19-16-,24-21-,26-25-,35-32-,44-41-. The molecule has 0 amide bonds. The lowest BCUT2D eigenvalue weighted by Gasteiger charge is -2.21. The Labute approximate surface area is 413 Å². The van der Waals surface area contributed by atoms with Gasteiger partial charge in [-0.1, -0.05) is 209 Å². The Hall–Kier alpha value is -3.34. The SMILES string of the molecule is CC/C=C\C/C=C\C/C=C\C/C=C\C/C=C\CC(=O)OC(COC(=O)CCCCCCCCCCCCCCC)COP(=O)(O)OCC(CO)OC(=O)CCCCCCC/C=C\C/C=C\CCC. The molecule has 12 heteroatoms. The molecule has 0 aliphatic rings. The highest BCUT2D eigenvalue weighted by molar-refractivity contribution is 7.47. The van der Waals surface area contributed by atoms with Gasteiger partial charge in [-0.3, -0.25) is 23.4 Å². The van der Waals surface area contributed by atoms with Crippen molar-refractivity contribution in [1.29, 1.82) is 0 Å². The van der Waals surface area contributed by atoms with Gasteiger partial charge in [-0.15, -0.1) is 0 Å². The molecule has 68 heavy (non-hydrogen) atoms. The topological polar surface area (TPSA) is 155 Å². The molecule has 0 aromatic rings. The first kappa shape index (κ1) is 64.7. The van der Waals surface area contributed by atoms with Crippen LogP contribution < -0.4 is 0 Å². The van der Waals surface area contributed by atoms with Crippen molar-refractivity contribution in [2.24, 2.45) is 0 Å². The molecule has 11 nitrogen and oxygen atoms in total. The molecule has 0 radical (unpaired) electrons. The van der Waals surface area contributed by atoms with Crippen LogP contribution in [0.25, 0.3) is 0 Å². The van der Waals surface area contributed by atoms with Gasteiger partial charge in [-0.2, -0.15) is 0 Å². The fourth-order valence-electron chi connectivity index (χ4n) is 6.82. The molecule has 0 rings (SSSR count). The normalized spacial score (nSPS) is 14.1. The van der Waals surface area contributed by atoms with Crippen molar-refractivity contribution in [2.45, 2.75) is 226 Å². The third kappa shape index (κ3) is 47.7. The minimum absolute atomic E-state index is 0.0666. The number of carbonyl (C=O) groups is 3. The third-order valence-electron chi connectivity index (χ3n) is 10.8. The highest BCUT2D eigenvalue weighted by Crippen LogP contribution is 2.43. The zero-order valence-electron chi connectivity index (χ0n) is 42.8. The van der Waals surface area contributed by atoms with Crippen molar-refractivity contribution in [1.82, 2.24) is 0 Å². The van der Waals surface area contributed by atoms with E-state index in [2.05, 4.69) is 81.5 Å². The van der Waals surface area contributed by atoms with E-state index in [1.807, 2.05) is 18.2 Å². The Morgan fingerprint density at radius 3 is 1.35 bits per heavy atom. The van der Waals surface area contributed by atoms with E-state index >= 15 is 0 Å². The number of allylic oxidation sites excluding steroid dienone is 13. The Bertz CT molecular complexity index is 1460. The summed E-state index contributed by atoms with van der Waals surface area (Å²) in [5, 5.41) is 9.77. The summed E-state index contributed by atoms with van der Waals surface area (Å²) in [7, 11) is -4.77. The predicted molar refractivity (Wildman–Crippen MR) is 279 cm³/mol.